The normalized spacial score (nSPS) is 25.6. The minimum Gasteiger partial charge on any atom is -0.370 e. The molecule has 2 fully saturated rings. The number of fused-ring (bicyclic) bond motifs is 3. The Balaban J connectivity index is 0.000000637. The Morgan fingerprint density at radius 1 is 1.11 bits per heavy atom. The molecule has 2 heterocycles. The molecule has 0 N–H and O–H groups in total. The van der Waals surface area contributed by atoms with E-state index in [2.05, 4.69) is 36.3 Å². The SMILES string of the molecule is CC.CN1CCC2(CC1)OCCC1=CC=CC=C2C1. The third kappa shape index (κ3) is 3.18. The van der Waals surface area contributed by atoms with Crippen molar-refractivity contribution in [2.75, 3.05) is 26.7 Å². The molecule has 0 saturated carbocycles. The number of ether oxygens (including phenoxy) is 1. The highest BCUT2D eigenvalue weighted by Gasteiger charge is 2.39. The van der Waals surface area contributed by atoms with Crippen molar-refractivity contribution in [1.29, 1.82) is 0 Å². The fourth-order valence-electron chi connectivity index (χ4n) is 3.13. The van der Waals surface area contributed by atoms with Gasteiger partial charge in [-0.15, -0.1) is 0 Å². The molecule has 2 aliphatic heterocycles. The smallest absolute Gasteiger partial charge is 0.0922 e. The minimum absolute atomic E-state index is 0.0385. The van der Waals surface area contributed by atoms with Crippen molar-refractivity contribution in [1.82, 2.24) is 4.90 Å². The van der Waals surface area contributed by atoms with E-state index in [0.29, 0.717) is 0 Å². The zero-order valence-corrected chi connectivity index (χ0v) is 12.6. The van der Waals surface area contributed by atoms with Crippen LogP contribution in [0.15, 0.2) is 35.5 Å². The number of likely N-dealkylation sites (tertiary alicyclic amines) is 1. The molecule has 0 unspecified atom stereocenters. The van der Waals surface area contributed by atoms with Crippen LogP contribution in [-0.2, 0) is 4.74 Å². The lowest BCUT2D eigenvalue weighted by atomic mass is 9.81. The summed E-state index contributed by atoms with van der Waals surface area (Å²) >= 11 is 0. The van der Waals surface area contributed by atoms with Gasteiger partial charge in [0.05, 0.1) is 12.2 Å². The lowest BCUT2D eigenvalue weighted by Crippen LogP contribution is -2.45. The van der Waals surface area contributed by atoms with E-state index in [9.17, 15) is 0 Å². The van der Waals surface area contributed by atoms with Gasteiger partial charge in [0.2, 0.25) is 0 Å². The van der Waals surface area contributed by atoms with Crippen molar-refractivity contribution >= 4 is 0 Å². The maximum absolute atomic E-state index is 6.28. The average Bonchev–Trinajstić information content (AvgIpc) is 2.78. The monoisotopic (exact) mass is 261 g/mol. The predicted octanol–water partition coefficient (Wildman–Crippen LogP) is 3.71. The molecule has 0 amide bonds. The van der Waals surface area contributed by atoms with Gasteiger partial charge in [0.15, 0.2) is 0 Å². The molecule has 0 aromatic heterocycles. The standard InChI is InChI=1S/C15H21NO.C2H6/c1-16-9-7-15(8-10-16)14-5-3-2-4-13(12-14)6-11-17-15;1-2/h2-5H,6-12H2,1H3;1-2H3. The number of allylic oxidation sites excluding steroid dienone is 4. The van der Waals surface area contributed by atoms with Crippen LogP contribution in [0.5, 0.6) is 0 Å². The Labute approximate surface area is 117 Å². The van der Waals surface area contributed by atoms with E-state index in [-0.39, 0.29) is 5.60 Å². The summed E-state index contributed by atoms with van der Waals surface area (Å²) in [6, 6.07) is 0. The first-order chi connectivity index (χ1) is 9.28. The van der Waals surface area contributed by atoms with E-state index < -0.39 is 0 Å². The van der Waals surface area contributed by atoms with Crippen molar-refractivity contribution in [3.63, 3.8) is 0 Å². The van der Waals surface area contributed by atoms with Crippen LogP contribution in [-0.4, -0.2) is 37.2 Å². The largest absolute Gasteiger partial charge is 0.370 e. The predicted molar refractivity (Wildman–Crippen MR) is 81.3 cm³/mol. The van der Waals surface area contributed by atoms with Gasteiger partial charge in [0.1, 0.15) is 0 Å². The van der Waals surface area contributed by atoms with Gasteiger partial charge in [-0.3, -0.25) is 0 Å². The number of rotatable bonds is 0. The molecule has 0 atom stereocenters. The molecule has 2 heteroatoms. The Morgan fingerprint density at radius 3 is 2.53 bits per heavy atom. The fraction of sp³-hybridized carbons (Fsp3) is 0.647. The number of piperidine rings is 1. The maximum Gasteiger partial charge on any atom is 0.0922 e. The Kier molecular flexibility index (Phi) is 5.00. The number of hydrogen-bond donors (Lipinski definition) is 0. The van der Waals surface area contributed by atoms with Gasteiger partial charge < -0.3 is 9.64 Å². The molecule has 3 rings (SSSR count). The van der Waals surface area contributed by atoms with Gasteiger partial charge >= 0.3 is 0 Å². The molecule has 106 valence electrons. The van der Waals surface area contributed by atoms with Crippen LogP contribution in [0, 0.1) is 0 Å². The van der Waals surface area contributed by atoms with Gasteiger partial charge in [0.25, 0.3) is 0 Å². The first kappa shape index (κ1) is 14.5. The minimum atomic E-state index is 0.0385. The first-order valence-corrected chi connectivity index (χ1v) is 7.67. The van der Waals surface area contributed by atoms with Crippen molar-refractivity contribution in [2.45, 2.75) is 45.1 Å². The summed E-state index contributed by atoms with van der Waals surface area (Å²) < 4.78 is 6.28. The van der Waals surface area contributed by atoms with E-state index in [1.165, 1.54) is 11.1 Å². The second-order valence-corrected chi connectivity index (χ2v) is 5.47. The van der Waals surface area contributed by atoms with Gasteiger partial charge in [-0.25, -0.2) is 0 Å². The summed E-state index contributed by atoms with van der Waals surface area (Å²) in [5.74, 6) is 0. The molecule has 0 radical (unpaired) electrons. The molecule has 1 aliphatic carbocycles. The summed E-state index contributed by atoms with van der Waals surface area (Å²) in [7, 11) is 2.20. The quantitative estimate of drug-likeness (QED) is 0.659. The Hall–Kier alpha value is -0.860. The second-order valence-electron chi connectivity index (χ2n) is 5.47. The van der Waals surface area contributed by atoms with Gasteiger partial charge in [-0.05, 0) is 38.3 Å². The number of hydrogen-bond acceptors (Lipinski definition) is 2. The molecule has 19 heavy (non-hydrogen) atoms. The Bertz CT molecular complexity index is 384. The van der Waals surface area contributed by atoms with E-state index in [4.69, 9.17) is 4.74 Å². The summed E-state index contributed by atoms with van der Waals surface area (Å²) in [4.78, 5) is 2.41. The maximum atomic E-state index is 6.28. The lowest BCUT2D eigenvalue weighted by molar-refractivity contribution is -0.0495. The molecule has 1 spiro atoms. The van der Waals surface area contributed by atoms with E-state index in [1.54, 1.807) is 0 Å². The van der Waals surface area contributed by atoms with Crippen LogP contribution in [0.25, 0.3) is 0 Å². The molecule has 2 nitrogen and oxygen atoms in total. The van der Waals surface area contributed by atoms with E-state index >= 15 is 0 Å². The van der Waals surface area contributed by atoms with E-state index in [0.717, 1.165) is 45.4 Å². The van der Waals surface area contributed by atoms with Crippen molar-refractivity contribution in [3.8, 4) is 0 Å². The van der Waals surface area contributed by atoms with Crippen LogP contribution >= 0.6 is 0 Å². The average molecular weight is 261 g/mol. The molecule has 0 aromatic carbocycles. The highest BCUT2D eigenvalue weighted by Crippen LogP contribution is 2.40. The van der Waals surface area contributed by atoms with E-state index in [1.807, 2.05) is 13.8 Å². The molecule has 0 aromatic rings. The zero-order valence-electron chi connectivity index (χ0n) is 12.6. The van der Waals surface area contributed by atoms with Crippen LogP contribution in [0.3, 0.4) is 0 Å². The highest BCUT2D eigenvalue weighted by atomic mass is 16.5. The summed E-state index contributed by atoms with van der Waals surface area (Å²) in [5, 5.41) is 0. The molecular weight excluding hydrogens is 234 g/mol. The van der Waals surface area contributed by atoms with Crippen molar-refractivity contribution in [3.05, 3.63) is 35.5 Å². The van der Waals surface area contributed by atoms with Gasteiger partial charge in [0, 0.05) is 13.1 Å². The summed E-state index contributed by atoms with van der Waals surface area (Å²) in [6.45, 7) is 7.20. The molecule has 2 bridgehead atoms. The summed E-state index contributed by atoms with van der Waals surface area (Å²) in [5.41, 5.74) is 3.07. The van der Waals surface area contributed by atoms with Crippen LogP contribution in [0.2, 0.25) is 0 Å². The zero-order chi connectivity index (χ0) is 13.7. The fourth-order valence-corrected chi connectivity index (χ4v) is 3.13. The highest BCUT2D eigenvalue weighted by molar-refractivity contribution is 5.35. The van der Waals surface area contributed by atoms with Crippen LogP contribution < -0.4 is 0 Å². The first-order valence-electron chi connectivity index (χ1n) is 7.67. The third-order valence-corrected chi connectivity index (χ3v) is 4.34. The van der Waals surface area contributed by atoms with Gasteiger partial charge in [-0.2, -0.15) is 0 Å². The topological polar surface area (TPSA) is 12.5 Å². The van der Waals surface area contributed by atoms with Crippen molar-refractivity contribution < 1.29 is 4.74 Å². The molecule has 3 aliphatic rings. The van der Waals surface area contributed by atoms with Crippen LogP contribution in [0.1, 0.15) is 39.5 Å². The van der Waals surface area contributed by atoms with Gasteiger partial charge in [-0.1, -0.05) is 43.7 Å². The number of nitrogens with zero attached hydrogens (tertiary/aromatic N) is 1. The summed E-state index contributed by atoms with van der Waals surface area (Å²) in [6.07, 6.45) is 13.4. The Morgan fingerprint density at radius 2 is 1.79 bits per heavy atom. The van der Waals surface area contributed by atoms with Crippen molar-refractivity contribution in [2.24, 2.45) is 0 Å². The third-order valence-electron chi connectivity index (χ3n) is 4.34. The lowest BCUT2D eigenvalue weighted by Gasteiger charge is -2.41. The van der Waals surface area contributed by atoms with Crippen LogP contribution in [0.4, 0.5) is 0 Å². The molecular formula is C17H27NO. The second kappa shape index (κ2) is 6.53. The molecule has 2 saturated heterocycles.